The largest absolute Gasteiger partial charge is 0.303 e. The van der Waals surface area contributed by atoms with Crippen molar-refractivity contribution in [2.24, 2.45) is 5.41 Å². The molecule has 1 aliphatic heterocycles. The molecule has 88 valence electrons. The quantitative estimate of drug-likeness (QED) is 0.691. The third-order valence-electron chi connectivity index (χ3n) is 3.18. The van der Waals surface area contributed by atoms with Crippen LogP contribution in [0, 0.1) is 5.41 Å². The average molecular weight is 229 g/mol. The molecule has 1 fully saturated rings. The first kappa shape index (κ1) is 13.0. The fraction of sp³-hybridized carbons (Fsp3) is 0.917. The van der Waals surface area contributed by atoms with Crippen molar-refractivity contribution < 1.29 is 4.79 Å². The fourth-order valence-electron chi connectivity index (χ4n) is 1.99. The highest BCUT2D eigenvalue weighted by Crippen LogP contribution is 2.31. The molecule has 0 aliphatic carbocycles. The summed E-state index contributed by atoms with van der Waals surface area (Å²) in [6.07, 6.45) is 2.06. The number of rotatable bonds is 4. The number of carbonyl (C=O) groups is 1. The van der Waals surface area contributed by atoms with Gasteiger partial charge in [0.25, 0.3) is 0 Å². The van der Waals surface area contributed by atoms with Crippen LogP contribution in [0.4, 0.5) is 0 Å². The van der Waals surface area contributed by atoms with Crippen LogP contribution in [0.15, 0.2) is 0 Å². The first-order chi connectivity index (χ1) is 6.91. The van der Waals surface area contributed by atoms with Crippen molar-refractivity contribution in [3.63, 3.8) is 0 Å². The van der Waals surface area contributed by atoms with Crippen LogP contribution in [-0.2, 0) is 4.79 Å². The number of hydrogen-bond acceptors (Lipinski definition) is 3. The number of thioether (sulfide) groups is 1. The highest BCUT2D eigenvalue weighted by molar-refractivity contribution is 8.00. The molecule has 15 heavy (non-hydrogen) atoms. The second-order valence-corrected chi connectivity index (χ2v) is 7.25. The Hall–Kier alpha value is -0.0200. The second kappa shape index (κ2) is 4.88. The van der Waals surface area contributed by atoms with E-state index in [9.17, 15) is 4.79 Å². The zero-order chi connectivity index (χ0) is 11.5. The fourth-order valence-corrected chi connectivity index (χ4v) is 3.17. The van der Waals surface area contributed by atoms with Crippen LogP contribution >= 0.6 is 11.8 Å². The summed E-state index contributed by atoms with van der Waals surface area (Å²) in [5.41, 5.74) is -0.155. The standard InChI is InChI=1S/C12H23NOS/c1-5-12(4,10-14)9-13-6-7-15-11(2,3)8-13/h10H,5-9H2,1-4H3. The van der Waals surface area contributed by atoms with Crippen LogP contribution in [0.5, 0.6) is 0 Å². The molecule has 0 bridgehead atoms. The molecule has 3 heteroatoms. The molecule has 0 amide bonds. The molecule has 1 atom stereocenters. The third kappa shape index (κ3) is 3.80. The van der Waals surface area contributed by atoms with E-state index in [-0.39, 0.29) is 5.41 Å². The van der Waals surface area contributed by atoms with Gasteiger partial charge in [-0.1, -0.05) is 13.8 Å². The lowest BCUT2D eigenvalue weighted by atomic mass is 9.88. The van der Waals surface area contributed by atoms with Gasteiger partial charge in [0.2, 0.25) is 0 Å². The lowest BCUT2D eigenvalue weighted by Gasteiger charge is -2.40. The van der Waals surface area contributed by atoms with Crippen molar-refractivity contribution in [2.75, 3.05) is 25.4 Å². The first-order valence-electron chi connectivity index (χ1n) is 5.73. The normalized spacial score (nSPS) is 25.9. The maximum absolute atomic E-state index is 11.1. The summed E-state index contributed by atoms with van der Waals surface area (Å²) < 4.78 is 0.343. The number of aldehydes is 1. The smallest absolute Gasteiger partial charge is 0.127 e. The molecule has 0 aromatic carbocycles. The van der Waals surface area contributed by atoms with Crippen LogP contribution in [-0.4, -0.2) is 41.3 Å². The highest BCUT2D eigenvalue weighted by Gasteiger charge is 2.31. The van der Waals surface area contributed by atoms with Crippen LogP contribution in [0.25, 0.3) is 0 Å². The molecule has 0 N–H and O–H groups in total. The Morgan fingerprint density at radius 3 is 2.67 bits per heavy atom. The molecule has 0 aromatic heterocycles. The summed E-state index contributed by atoms with van der Waals surface area (Å²) in [5.74, 6) is 1.19. The van der Waals surface area contributed by atoms with Gasteiger partial charge in [-0.05, 0) is 20.3 Å². The van der Waals surface area contributed by atoms with Gasteiger partial charge in [0, 0.05) is 35.5 Å². The van der Waals surface area contributed by atoms with Crippen molar-refractivity contribution >= 4 is 18.0 Å². The van der Waals surface area contributed by atoms with Gasteiger partial charge in [-0.3, -0.25) is 0 Å². The Morgan fingerprint density at radius 2 is 2.20 bits per heavy atom. The number of nitrogens with zero attached hydrogens (tertiary/aromatic N) is 1. The Bertz CT molecular complexity index is 230. The Kier molecular flexibility index (Phi) is 4.24. The van der Waals surface area contributed by atoms with E-state index >= 15 is 0 Å². The van der Waals surface area contributed by atoms with E-state index in [1.807, 2.05) is 11.8 Å². The molecule has 0 radical (unpaired) electrons. The van der Waals surface area contributed by atoms with Crippen LogP contribution < -0.4 is 0 Å². The zero-order valence-electron chi connectivity index (χ0n) is 10.4. The maximum Gasteiger partial charge on any atom is 0.127 e. The van der Waals surface area contributed by atoms with E-state index in [2.05, 4.69) is 32.6 Å². The number of carbonyl (C=O) groups excluding carboxylic acids is 1. The summed E-state index contributed by atoms with van der Waals surface area (Å²) in [5, 5.41) is 0. The summed E-state index contributed by atoms with van der Waals surface area (Å²) in [6.45, 7) is 11.9. The minimum Gasteiger partial charge on any atom is -0.303 e. The summed E-state index contributed by atoms with van der Waals surface area (Å²) in [4.78, 5) is 13.5. The molecule has 1 unspecified atom stereocenters. The number of hydrogen-bond donors (Lipinski definition) is 0. The molecule has 0 spiro atoms. The van der Waals surface area contributed by atoms with Crippen molar-refractivity contribution in [1.82, 2.24) is 4.90 Å². The summed E-state index contributed by atoms with van der Waals surface area (Å²) in [7, 11) is 0. The Morgan fingerprint density at radius 1 is 1.53 bits per heavy atom. The Balaban J connectivity index is 2.54. The average Bonchev–Trinajstić information content (AvgIpc) is 2.16. The SMILES string of the molecule is CCC(C)(C=O)CN1CCSC(C)(C)C1. The molecule has 1 aliphatic rings. The van der Waals surface area contributed by atoms with Gasteiger partial charge in [-0.15, -0.1) is 0 Å². The van der Waals surface area contributed by atoms with Gasteiger partial charge >= 0.3 is 0 Å². The topological polar surface area (TPSA) is 20.3 Å². The van der Waals surface area contributed by atoms with Gasteiger partial charge in [0.15, 0.2) is 0 Å². The monoisotopic (exact) mass is 229 g/mol. The van der Waals surface area contributed by atoms with Crippen LogP contribution in [0.3, 0.4) is 0 Å². The van der Waals surface area contributed by atoms with Gasteiger partial charge in [-0.25, -0.2) is 0 Å². The molecular weight excluding hydrogens is 206 g/mol. The predicted molar refractivity (Wildman–Crippen MR) is 67.4 cm³/mol. The van der Waals surface area contributed by atoms with E-state index in [0.717, 1.165) is 32.3 Å². The molecule has 2 nitrogen and oxygen atoms in total. The molecule has 1 heterocycles. The van der Waals surface area contributed by atoms with Gasteiger partial charge in [-0.2, -0.15) is 11.8 Å². The molecule has 0 aromatic rings. The van der Waals surface area contributed by atoms with Gasteiger partial charge < -0.3 is 9.69 Å². The lowest BCUT2D eigenvalue weighted by molar-refractivity contribution is -0.116. The minimum absolute atomic E-state index is 0.155. The maximum atomic E-state index is 11.1. The van der Waals surface area contributed by atoms with Gasteiger partial charge in [0.05, 0.1) is 0 Å². The molecule has 0 saturated carbocycles. The van der Waals surface area contributed by atoms with E-state index in [1.165, 1.54) is 5.75 Å². The van der Waals surface area contributed by atoms with Gasteiger partial charge in [0.1, 0.15) is 6.29 Å². The second-order valence-electron chi connectivity index (χ2n) is 5.44. The van der Waals surface area contributed by atoms with E-state index in [0.29, 0.717) is 4.75 Å². The molecule has 1 rings (SSSR count). The summed E-state index contributed by atoms with van der Waals surface area (Å²) >= 11 is 2.04. The van der Waals surface area contributed by atoms with Crippen molar-refractivity contribution in [2.45, 2.75) is 38.9 Å². The predicted octanol–water partition coefficient (Wildman–Crippen LogP) is 2.43. The zero-order valence-corrected chi connectivity index (χ0v) is 11.2. The lowest BCUT2D eigenvalue weighted by Crippen LogP contribution is -2.47. The van der Waals surface area contributed by atoms with E-state index < -0.39 is 0 Å². The van der Waals surface area contributed by atoms with E-state index in [1.54, 1.807) is 0 Å². The van der Waals surface area contributed by atoms with Crippen LogP contribution in [0.1, 0.15) is 34.1 Å². The van der Waals surface area contributed by atoms with Crippen molar-refractivity contribution in [1.29, 1.82) is 0 Å². The van der Waals surface area contributed by atoms with Crippen LogP contribution in [0.2, 0.25) is 0 Å². The molecule has 1 saturated heterocycles. The minimum atomic E-state index is -0.155. The molecular formula is C12H23NOS. The Labute approximate surface area is 97.8 Å². The third-order valence-corrected chi connectivity index (χ3v) is 4.48. The van der Waals surface area contributed by atoms with Crippen molar-refractivity contribution in [3.05, 3.63) is 0 Å². The van der Waals surface area contributed by atoms with Crippen molar-refractivity contribution in [3.8, 4) is 0 Å². The first-order valence-corrected chi connectivity index (χ1v) is 6.72. The van der Waals surface area contributed by atoms with E-state index in [4.69, 9.17) is 0 Å². The highest BCUT2D eigenvalue weighted by atomic mass is 32.2. The summed E-state index contributed by atoms with van der Waals surface area (Å²) in [6, 6.07) is 0.